The van der Waals surface area contributed by atoms with Crippen LogP contribution in [0.15, 0.2) is 30.7 Å². The van der Waals surface area contributed by atoms with Crippen molar-refractivity contribution in [3.63, 3.8) is 0 Å². The fourth-order valence-electron chi connectivity index (χ4n) is 3.07. The predicted octanol–water partition coefficient (Wildman–Crippen LogP) is 2.12. The van der Waals surface area contributed by atoms with E-state index in [0.29, 0.717) is 5.88 Å². The van der Waals surface area contributed by atoms with E-state index in [0.717, 1.165) is 43.7 Å². The lowest BCUT2D eigenvalue weighted by Crippen LogP contribution is -2.33. The Morgan fingerprint density at radius 3 is 2.96 bits per heavy atom. The van der Waals surface area contributed by atoms with Gasteiger partial charge < -0.3 is 14.5 Å². The highest BCUT2D eigenvalue weighted by Crippen LogP contribution is 2.33. The standard InChI is InChI=1S/C17H21N5O/c1-23-16-9-15(19-12-20-16)21-7-8-22(10-13-4-5-13)17-14(11-21)3-2-6-18-17/h2-3,6,9,12-13H,4-5,7-8,10-11H2,1H3. The number of ether oxygens (including phenoxy) is 1. The fraction of sp³-hybridized carbons (Fsp3) is 0.471. The molecule has 6 heteroatoms. The average Bonchev–Trinajstić information content (AvgIpc) is 3.43. The van der Waals surface area contributed by atoms with Crippen molar-refractivity contribution in [2.24, 2.45) is 5.92 Å². The second-order valence-corrected chi connectivity index (χ2v) is 6.22. The van der Waals surface area contributed by atoms with Crippen LogP contribution in [0.4, 0.5) is 11.6 Å². The highest BCUT2D eigenvalue weighted by atomic mass is 16.5. The number of anilines is 2. The van der Waals surface area contributed by atoms with Crippen LogP contribution >= 0.6 is 0 Å². The van der Waals surface area contributed by atoms with Gasteiger partial charge in [0.1, 0.15) is 18.0 Å². The monoisotopic (exact) mass is 311 g/mol. The highest BCUT2D eigenvalue weighted by molar-refractivity contribution is 5.53. The van der Waals surface area contributed by atoms with Crippen LogP contribution in [0.1, 0.15) is 18.4 Å². The van der Waals surface area contributed by atoms with Gasteiger partial charge >= 0.3 is 0 Å². The smallest absolute Gasteiger partial charge is 0.218 e. The molecule has 0 saturated heterocycles. The third kappa shape index (κ3) is 3.06. The maximum atomic E-state index is 5.23. The van der Waals surface area contributed by atoms with Crippen molar-refractivity contribution in [3.8, 4) is 5.88 Å². The van der Waals surface area contributed by atoms with E-state index >= 15 is 0 Å². The molecule has 120 valence electrons. The van der Waals surface area contributed by atoms with Gasteiger partial charge in [0.05, 0.1) is 7.11 Å². The predicted molar refractivity (Wildman–Crippen MR) is 88.8 cm³/mol. The Kier molecular flexibility index (Phi) is 3.73. The largest absolute Gasteiger partial charge is 0.481 e. The Labute approximate surface area is 136 Å². The van der Waals surface area contributed by atoms with Gasteiger partial charge in [0.25, 0.3) is 0 Å². The number of pyridine rings is 1. The number of fused-ring (bicyclic) bond motifs is 1. The third-order valence-electron chi connectivity index (χ3n) is 4.50. The minimum atomic E-state index is 0.598. The molecule has 0 aromatic carbocycles. The van der Waals surface area contributed by atoms with Crippen molar-refractivity contribution >= 4 is 11.6 Å². The van der Waals surface area contributed by atoms with Crippen LogP contribution < -0.4 is 14.5 Å². The van der Waals surface area contributed by atoms with Crippen LogP contribution in [0.3, 0.4) is 0 Å². The zero-order chi connectivity index (χ0) is 15.6. The molecule has 2 aliphatic rings. The van der Waals surface area contributed by atoms with Crippen LogP contribution in [0, 0.1) is 5.92 Å². The number of methoxy groups -OCH3 is 1. The molecule has 2 aromatic heterocycles. The van der Waals surface area contributed by atoms with E-state index in [2.05, 4.69) is 30.8 Å². The summed E-state index contributed by atoms with van der Waals surface area (Å²) in [6.07, 6.45) is 6.16. The minimum Gasteiger partial charge on any atom is -0.481 e. The van der Waals surface area contributed by atoms with E-state index in [1.807, 2.05) is 18.3 Å². The molecule has 6 nitrogen and oxygen atoms in total. The van der Waals surface area contributed by atoms with Crippen LogP contribution in [0.5, 0.6) is 5.88 Å². The molecule has 0 spiro atoms. The Morgan fingerprint density at radius 1 is 1.22 bits per heavy atom. The molecule has 1 saturated carbocycles. The zero-order valence-corrected chi connectivity index (χ0v) is 13.4. The van der Waals surface area contributed by atoms with Crippen LogP contribution in [0.2, 0.25) is 0 Å². The van der Waals surface area contributed by atoms with Crippen molar-refractivity contribution in [3.05, 3.63) is 36.3 Å². The Bertz CT molecular complexity index is 688. The Hall–Kier alpha value is -2.37. The molecule has 3 heterocycles. The number of hydrogen-bond acceptors (Lipinski definition) is 6. The molecule has 0 bridgehead atoms. The highest BCUT2D eigenvalue weighted by Gasteiger charge is 2.28. The van der Waals surface area contributed by atoms with E-state index in [4.69, 9.17) is 4.74 Å². The molecule has 0 unspecified atom stereocenters. The summed E-state index contributed by atoms with van der Waals surface area (Å²) in [6.45, 7) is 3.81. The van der Waals surface area contributed by atoms with Crippen LogP contribution in [-0.4, -0.2) is 41.7 Å². The molecule has 2 aromatic rings. The third-order valence-corrected chi connectivity index (χ3v) is 4.50. The van der Waals surface area contributed by atoms with Gasteiger partial charge in [-0.15, -0.1) is 0 Å². The molecular weight excluding hydrogens is 290 g/mol. The van der Waals surface area contributed by atoms with Crippen molar-refractivity contribution in [2.75, 3.05) is 36.5 Å². The molecule has 1 aliphatic carbocycles. The van der Waals surface area contributed by atoms with Crippen molar-refractivity contribution < 1.29 is 4.74 Å². The normalized spacial score (nSPS) is 17.6. The van der Waals surface area contributed by atoms with E-state index in [-0.39, 0.29) is 0 Å². The first-order chi connectivity index (χ1) is 11.3. The van der Waals surface area contributed by atoms with Crippen molar-refractivity contribution in [1.29, 1.82) is 0 Å². The van der Waals surface area contributed by atoms with Gasteiger partial charge in [0.15, 0.2) is 0 Å². The van der Waals surface area contributed by atoms with Gasteiger partial charge in [-0.1, -0.05) is 6.07 Å². The first-order valence-corrected chi connectivity index (χ1v) is 8.13. The Morgan fingerprint density at radius 2 is 2.13 bits per heavy atom. The van der Waals surface area contributed by atoms with Gasteiger partial charge in [0.2, 0.25) is 5.88 Å². The molecule has 0 atom stereocenters. The summed E-state index contributed by atoms with van der Waals surface area (Å²) >= 11 is 0. The number of hydrogen-bond donors (Lipinski definition) is 0. The van der Waals surface area contributed by atoms with Crippen LogP contribution in [-0.2, 0) is 6.54 Å². The first-order valence-electron chi connectivity index (χ1n) is 8.13. The summed E-state index contributed by atoms with van der Waals surface area (Å²) in [5.74, 6) is 3.47. The summed E-state index contributed by atoms with van der Waals surface area (Å²) in [6, 6.07) is 6.07. The van der Waals surface area contributed by atoms with E-state index in [9.17, 15) is 0 Å². The molecule has 23 heavy (non-hydrogen) atoms. The zero-order valence-electron chi connectivity index (χ0n) is 13.4. The van der Waals surface area contributed by atoms with Crippen molar-refractivity contribution in [1.82, 2.24) is 15.0 Å². The number of rotatable bonds is 4. The van der Waals surface area contributed by atoms with Crippen molar-refractivity contribution in [2.45, 2.75) is 19.4 Å². The summed E-state index contributed by atoms with van der Waals surface area (Å²) < 4.78 is 5.23. The SMILES string of the molecule is COc1cc(N2CCN(CC3CC3)c3ncccc3C2)ncn1. The lowest BCUT2D eigenvalue weighted by Gasteiger charge is -2.24. The summed E-state index contributed by atoms with van der Waals surface area (Å²) in [5, 5.41) is 0. The topological polar surface area (TPSA) is 54.4 Å². The molecule has 0 amide bonds. The van der Waals surface area contributed by atoms with E-state index < -0.39 is 0 Å². The fourth-order valence-corrected chi connectivity index (χ4v) is 3.07. The van der Waals surface area contributed by atoms with Gasteiger partial charge in [0, 0.05) is 44.0 Å². The first kappa shape index (κ1) is 14.2. The maximum absolute atomic E-state index is 5.23. The van der Waals surface area contributed by atoms with E-state index in [1.54, 1.807) is 13.4 Å². The van der Waals surface area contributed by atoms with Gasteiger partial charge in [-0.3, -0.25) is 0 Å². The van der Waals surface area contributed by atoms with Gasteiger partial charge in [-0.05, 0) is 24.8 Å². The molecule has 0 radical (unpaired) electrons. The number of aromatic nitrogens is 3. The average molecular weight is 311 g/mol. The Balaban J connectivity index is 1.62. The van der Waals surface area contributed by atoms with E-state index in [1.165, 1.54) is 18.4 Å². The quantitative estimate of drug-likeness (QED) is 0.862. The maximum Gasteiger partial charge on any atom is 0.218 e. The van der Waals surface area contributed by atoms with Gasteiger partial charge in [-0.25, -0.2) is 15.0 Å². The van der Waals surface area contributed by atoms with Crippen LogP contribution in [0.25, 0.3) is 0 Å². The molecule has 1 fully saturated rings. The lowest BCUT2D eigenvalue weighted by molar-refractivity contribution is 0.396. The minimum absolute atomic E-state index is 0.598. The summed E-state index contributed by atoms with van der Waals surface area (Å²) in [4.78, 5) is 17.9. The summed E-state index contributed by atoms with van der Waals surface area (Å²) in [5.41, 5.74) is 1.25. The second kappa shape index (κ2) is 6.02. The molecular formula is C17H21N5O. The van der Waals surface area contributed by atoms with Gasteiger partial charge in [-0.2, -0.15) is 0 Å². The summed E-state index contributed by atoms with van der Waals surface area (Å²) in [7, 11) is 1.63. The molecule has 0 N–H and O–H groups in total. The lowest BCUT2D eigenvalue weighted by atomic mass is 10.2. The second-order valence-electron chi connectivity index (χ2n) is 6.22. The molecule has 1 aliphatic heterocycles. The number of nitrogens with zero attached hydrogens (tertiary/aromatic N) is 5. The molecule has 4 rings (SSSR count).